The van der Waals surface area contributed by atoms with E-state index >= 15 is 0 Å². The molecule has 0 radical (unpaired) electrons. The van der Waals surface area contributed by atoms with Crippen LogP contribution in [0.25, 0.3) is 0 Å². The summed E-state index contributed by atoms with van der Waals surface area (Å²) in [4.78, 5) is 19.2. The largest absolute Gasteiger partial charge is 0.464 e. The van der Waals surface area contributed by atoms with Crippen LogP contribution in [0.15, 0.2) is 30.7 Å². The Hall–Kier alpha value is -2.57. The Morgan fingerprint density at radius 3 is 3.06 bits per heavy atom. The number of nitrogens with zero attached hydrogens (tertiary/aromatic N) is 4. The average molecular weight is 245 g/mol. The van der Waals surface area contributed by atoms with Crippen molar-refractivity contribution in [3.05, 3.63) is 42.1 Å². The summed E-state index contributed by atoms with van der Waals surface area (Å²) in [5, 5.41) is 10.7. The number of hydrogen-bond acceptors (Lipinski definition) is 7. The molecule has 92 valence electrons. The third-order valence-corrected chi connectivity index (χ3v) is 2.11. The molecule has 2 aromatic heterocycles. The molecule has 0 fully saturated rings. The van der Waals surface area contributed by atoms with Crippen molar-refractivity contribution in [2.75, 3.05) is 12.4 Å². The molecule has 0 bridgehead atoms. The summed E-state index contributed by atoms with van der Waals surface area (Å²) in [5.41, 5.74) is 0.921. The Morgan fingerprint density at radius 2 is 2.33 bits per heavy atom. The van der Waals surface area contributed by atoms with Gasteiger partial charge in [0.05, 0.1) is 31.7 Å². The van der Waals surface area contributed by atoms with Gasteiger partial charge in [0, 0.05) is 6.20 Å². The summed E-state index contributed by atoms with van der Waals surface area (Å²) in [6.45, 7) is 0.452. The second-order valence-corrected chi connectivity index (χ2v) is 3.35. The lowest BCUT2D eigenvalue weighted by molar-refractivity contribution is 0.0593. The molecule has 0 aliphatic carbocycles. The quantitative estimate of drug-likeness (QED) is 0.791. The highest BCUT2D eigenvalue weighted by molar-refractivity contribution is 5.87. The molecule has 18 heavy (non-hydrogen) atoms. The highest BCUT2D eigenvalue weighted by Crippen LogP contribution is 2.05. The van der Waals surface area contributed by atoms with Gasteiger partial charge in [-0.1, -0.05) is 0 Å². The monoisotopic (exact) mass is 245 g/mol. The molecule has 7 heteroatoms. The number of nitrogens with one attached hydrogen (secondary N) is 1. The first-order valence-corrected chi connectivity index (χ1v) is 5.20. The van der Waals surface area contributed by atoms with E-state index in [1.807, 2.05) is 6.07 Å². The first kappa shape index (κ1) is 11.9. The topological polar surface area (TPSA) is 89.9 Å². The van der Waals surface area contributed by atoms with E-state index in [9.17, 15) is 4.79 Å². The molecule has 0 aromatic carbocycles. The van der Waals surface area contributed by atoms with E-state index in [-0.39, 0.29) is 5.69 Å². The lowest BCUT2D eigenvalue weighted by Crippen LogP contribution is -2.09. The summed E-state index contributed by atoms with van der Waals surface area (Å²) in [6, 6.07) is 3.62. The molecule has 2 aromatic rings. The molecule has 0 amide bonds. The summed E-state index contributed by atoms with van der Waals surface area (Å²) in [6.07, 6.45) is 4.46. The smallest absolute Gasteiger partial charge is 0.358 e. The van der Waals surface area contributed by atoms with Crippen molar-refractivity contribution in [2.24, 2.45) is 0 Å². The van der Waals surface area contributed by atoms with Gasteiger partial charge in [-0.05, 0) is 12.1 Å². The second-order valence-electron chi connectivity index (χ2n) is 3.35. The zero-order chi connectivity index (χ0) is 12.8. The van der Waals surface area contributed by atoms with Gasteiger partial charge in [0.2, 0.25) is 0 Å². The van der Waals surface area contributed by atoms with E-state index in [0.29, 0.717) is 12.4 Å². The van der Waals surface area contributed by atoms with E-state index in [0.717, 1.165) is 5.69 Å². The molecule has 0 aliphatic rings. The third-order valence-electron chi connectivity index (χ3n) is 2.11. The van der Waals surface area contributed by atoms with E-state index < -0.39 is 5.97 Å². The van der Waals surface area contributed by atoms with Gasteiger partial charge in [0.15, 0.2) is 5.69 Å². The predicted octanol–water partition coefficient (Wildman–Crippen LogP) is 0.665. The normalized spacial score (nSPS) is 9.83. The Kier molecular flexibility index (Phi) is 3.75. The van der Waals surface area contributed by atoms with Gasteiger partial charge >= 0.3 is 5.97 Å². The van der Waals surface area contributed by atoms with Gasteiger partial charge < -0.3 is 10.1 Å². The van der Waals surface area contributed by atoms with Crippen molar-refractivity contribution in [1.82, 2.24) is 20.2 Å². The van der Waals surface area contributed by atoms with Crippen LogP contribution in [0.3, 0.4) is 0 Å². The predicted molar refractivity (Wildman–Crippen MR) is 62.7 cm³/mol. The molecule has 0 spiro atoms. The molecular weight excluding hydrogens is 234 g/mol. The summed E-state index contributed by atoms with van der Waals surface area (Å²) < 4.78 is 4.56. The van der Waals surface area contributed by atoms with Gasteiger partial charge in [-0.2, -0.15) is 10.2 Å². The summed E-state index contributed by atoms with van der Waals surface area (Å²) in [5.74, 6) is -0.0470. The maximum atomic E-state index is 11.3. The second kappa shape index (κ2) is 5.67. The minimum Gasteiger partial charge on any atom is -0.464 e. The third kappa shape index (κ3) is 2.97. The van der Waals surface area contributed by atoms with E-state index in [2.05, 4.69) is 30.2 Å². The van der Waals surface area contributed by atoms with Crippen molar-refractivity contribution in [2.45, 2.75) is 6.54 Å². The molecule has 0 aliphatic heterocycles. The first-order valence-electron chi connectivity index (χ1n) is 5.20. The van der Waals surface area contributed by atoms with Gasteiger partial charge in [-0.15, -0.1) is 0 Å². The molecule has 1 N–H and O–H groups in total. The Balaban J connectivity index is 2.04. The van der Waals surface area contributed by atoms with Crippen molar-refractivity contribution in [1.29, 1.82) is 0 Å². The SMILES string of the molecule is COC(=O)c1cncc(NCc2cccnn2)n1. The highest BCUT2D eigenvalue weighted by Gasteiger charge is 2.08. The number of anilines is 1. The average Bonchev–Trinajstić information content (AvgIpc) is 2.45. The number of methoxy groups -OCH3 is 1. The summed E-state index contributed by atoms with van der Waals surface area (Å²) in [7, 11) is 1.30. The van der Waals surface area contributed by atoms with Gasteiger partial charge in [0.25, 0.3) is 0 Å². The number of carbonyl (C=O) groups is 1. The number of hydrogen-bond donors (Lipinski definition) is 1. The highest BCUT2D eigenvalue weighted by atomic mass is 16.5. The fourth-order valence-electron chi connectivity index (χ4n) is 1.26. The van der Waals surface area contributed by atoms with Crippen LogP contribution >= 0.6 is 0 Å². The Bertz CT molecular complexity index is 532. The van der Waals surface area contributed by atoms with Crippen LogP contribution in [0.5, 0.6) is 0 Å². The van der Waals surface area contributed by atoms with Crippen LogP contribution in [0.2, 0.25) is 0 Å². The molecule has 0 saturated heterocycles. The van der Waals surface area contributed by atoms with Crippen LogP contribution in [-0.4, -0.2) is 33.2 Å². The van der Waals surface area contributed by atoms with Gasteiger partial charge in [0.1, 0.15) is 5.82 Å². The molecule has 2 heterocycles. The van der Waals surface area contributed by atoms with E-state index in [1.54, 1.807) is 12.3 Å². The standard InChI is InChI=1S/C11H11N5O2/c1-18-11(17)9-6-12-7-10(15-9)13-5-8-3-2-4-14-16-8/h2-4,6-7H,5H2,1H3,(H,13,15). The Morgan fingerprint density at radius 1 is 1.44 bits per heavy atom. The van der Waals surface area contributed by atoms with Crippen molar-refractivity contribution >= 4 is 11.8 Å². The van der Waals surface area contributed by atoms with Crippen LogP contribution in [0, 0.1) is 0 Å². The molecule has 0 saturated carbocycles. The minimum absolute atomic E-state index is 0.154. The minimum atomic E-state index is -0.523. The zero-order valence-electron chi connectivity index (χ0n) is 9.70. The fourth-order valence-corrected chi connectivity index (χ4v) is 1.26. The lowest BCUT2D eigenvalue weighted by atomic mass is 10.4. The molecule has 2 rings (SSSR count). The zero-order valence-corrected chi connectivity index (χ0v) is 9.70. The van der Waals surface area contributed by atoms with Crippen LogP contribution in [0.1, 0.15) is 16.2 Å². The molecule has 7 nitrogen and oxygen atoms in total. The summed E-state index contributed by atoms with van der Waals surface area (Å²) >= 11 is 0. The fraction of sp³-hybridized carbons (Fsp3) is 0.182. The number of ether oxygens (including phenoxy) is 1. The molecule has 0 atom stereocenters. The van der Waals surface area contributed by atoms with E-state index in [1.165, 1.54) is 19.5 Å². The van der Waals surface area contributed by atoms with Crippen LogP contribution in [-0.2, 0) is 11.3 Å². The van der Waals surface area contributed by atoms with Crippen molar-refractivity contribution < 1.29 is 9.53 Å². The maximum absolute atomic E-state index is 11.3. The maximum Gasteiger partial charge on any atom is 0.358 e. The van der Waals surface area contributed by atoms with Gasteiger partial charge in [-0.25, -0.2) is 9.78 Å². The van der Waals surface area contributed by atoms with E-state index in [4.69, 9.17) is 0 Å². The molecular formula is C11H11N5O2. The van der Waals surface area contributed by atoms with Crippen LogP contribution in [0.4, 0.5) is 5.82 Å². The number of rotatable bonds is 4. The lowest BCUT2D eigenvalue weighted by Gasteiger charge is -2.05. The first-order chi connectivity index (χ1) is 8.79. The number of carbonyl (C=O) groups excluding carboxylic acids is 1. The molecule has 0 unspecified atom stereocenters. The number of aromatic nitrogens is 4. The van der Waals surface area contributed by atoms with Crippen molar-refractivity contribution in [3.8, 4) is 0 Å². The van der Waals surface area contributed by atoms with Crippen molar-refractivity contribution in [3.63, 3.8) is 0 Å². The number of esters is 1. The Labute approximate surface area is 103 Å². The van der Waals surface area contributed by atoms with Gasteiger partial charge in [-0.3, -0.25) is 4.98 Å². The van der Waals surface area contributed by atoms with Crippen LogP contribution < -0.4 is 5.32 Å².